The summed E-state index contributed by atoms with van der Waals surface area (Å²) in [6, 6.07) is 2.64. The van der Waals surface area contributed by atoms with Crippen LogP contribution >= 0.6 is 0 Å². The molecule has 1 N–H and O–H groups in total. The molecular formula is C15H25N3O. The molecule has 2 heterocycles. The first-order chi connectivity index (χ1) is 9.36. The summed E-state index contributed by atoms with van der Waals surface area (Å²) in [5.41, 5.74) is 0.234. The number of hydrogen-bond donors (Lipinski definition) is 1. The fourth-order valence-electron chi connectivity index (χ4n) is 3.55. The van der Waals surface area contributed by atoms with Crippen LogP contribution in [-0.4, -0.2) is 34.6 Å². The highest BCUT2D eigenvalue weighted by Crippen LogP contribution is 2.39. The molecule has 106 valence electrons. The summed E-state index contributed by atoms with van der Waals surface area (Å²) in [4.78, 5) is 0. The van der Waals surface area contributed by atoms with Gasteiger partial charge in [0.2, 0.25) is 0 Å². The van der Waals surface area contributed by atoms with Gasteiger partial charge in [0.1, 0.15) is 0 Å². The zero-order valence-corrected chi connectivity index (χ0v) is 11.7. The fraction of sp³-hybridized carbons (Fsp3) is 0.800. The Morgan fingerprint density at radius 3 is 3.05 bits per heavy atom. The largest absolute Gasteiger partial charge is 0.375 e. The van der Waals surface area contributed by atoms with E-state index in [1.165, 1.54) is 38.5 Å². The van der Waals surface area contributed by atoms with E-state index < -0.39 is 0 Å². The number of aromatic nitrogens is 2. The van der Waals surface area contributed by atoms with Crippen LogP contribution < -0.4 is 5.32 Å². The van der Waals surface area contributed by atoms with Gasteiger partial charge in [-0.3, -0.25) is 4.68 Å². The minimum absolute atomic E-state index is 0.234. The molecule has 1 spiro atoms. The van der Waals surface area contributed by atoms with Gasteiger partial charge in [0, 0.05) is 31.6 Å². The Bertz CT molecular complexity index is 371. The molecule has 0 radical (unpaired) electrons. The number of hydrogen-bond acceptors (Lipinski definition) is 3. The van der Waals surface area contributed by atoms with Gasteiger partial charge in [-0.05, 0) is 44.7 Å². The molecule has 4 heteroatoms. The van der Waals surface area contributed by atoms with Crippen LogP contribution in [0.5, 0.6) is 0 Å². The van der Waals surface area contributed by atoms with Crippen LogP contribution in [-0.2, 0) is 11.3 Å². The van der Waals surface area contributed by atoms with Gasteiger partial charge in [-0.1, -0.05) is 12.8 Å². The van der Waals surface area contributed by atoms with Gasteiger partial charge >= 0.3 is 0 Å². The van der Waals surface area contributed by atoms with Crippen molar-refractivity contribution in [2.75, 3.05) is 13.2 Å². The van der Waals surface area contributed by atoms with Gasteiger partial charge in [-0.15, -0.1) is 0 Å². The van der Waals surface area contributed by atoms with E-state index in [0.29, 0.717) is 6.04 Å². The van der Waals surface area contributed by atoms with Gasteiger partial charge in [0.15, 0.2) is 0 Å². The molecule has 1 aromatic heterocycles. The van der Waals surface area contributed by atoms with Crippen LogP contribution in [0, 0.1) is 0 Å². The fourth-order valence-corrected chi connectivity index (χ4v) is 3.55. The summed E-state index contributed by atoms with van der Waals surface area (Å²) in [5, 5.41) is 7.94. The van der Waals surface area contributed by atoms with Gasteiger partial charge < -0.3 is 10.1 Å². The highest BCUT2D eigenvalue weighted by molar-refractivity contribution is 4.93. The lowest BCUT2D eigenvalue weighted by Gasteiger charge is -2.38. The van der Waals surface area contributed by atoms with E-state index in [1.54, 1.807) is 0 Å². The van der Waals surface area contributed by atoms with E-state index in [1.807, 2.05) is 23.1 Å². The first kappa shape index (κ1) is 13.1. The van der Waals surface area contributed by atoms with Crippen LogP contribution in [0.3, 0.4) is 0 Å². The molecular weight excluding hydrogens is 238 g/mol. The molecule has 1 atom stereocenters. The third-order valence-electron chi connectivity index (χ3n) is 4.56. The Hall–Kier alpha value is -0.870. The van der Waals surface area contributed by atoms with E-state index in [-0.39, 0.29) is 5.60 Å². The van der Waals surface area contributed by atoms with Crippen molar-refractivity contribution in [3.63, 3.8) is 0 Å². The molecule has 1 aromatic rings. The number of aryl methyl sites for hydroxylation is 1. The van der Waals surface area contributed by atoms with E-state index >= 15 is 0 Å². The summed E-state index contributed by atoms with van der Waals surface area (Å²) < 4.78 is 8.07. The maximum Gasteiger partial charge on any atom is 0.0697 e. The van der Waals surface area contributed by atoms with Gasteiger partial charge in [-0.2, -0.15) is 5.10 Å². The lowest BCUT2D eigenvalue weighted by atomic mass is 9.89. The molecule has 1 unspecified atom stereocenters. The smallest absolute Gasteiger partial charge is 0.0697 e. The van der Waals surface area contributed by atoms with Crippen molar-refractivity contribution >= 4 is 0 Å². The van der Waals surface area contributed by atoms with Crippen molar-refractivity contribution in [2.45, 2.75) is 63.1 Å². The van der Waals surface area contributed by atoms with Crippen LogP contribution in [0.25, 0.3) is 0 Å². The minimum Gasteiger partial charge on any atom is -0.375 e. The molecule has 0 bridgehead atoms. The summed E-state index contributed by atoms with van der Waals surface area (Å²) in [5.74, 6) is 0. The Labute approximate surface area is 115 Å². The van der Waals surface area contributed by atoms with Crippen molar-refractivity contribution in [1.29, 1.82) is 0 Å². The third-order valence-corrected chi connectivity index (χ3v) is 4.56. The Morgan fingerprint density at radius 1 is 1.37 bits per heavy atom. The maximum atomic E-state index is 6.07. The molecule has 1 aliphatic carbocycles. The molecule has 1 saturated heterocycles. The predicted molar refractivity (Wildman–Crippen MR) is 75.0 cm³/mol. The molecule has 3 rings (SSSR count). The third kappa shape index (κ3) is 3.37. The monoisotopic (exact) mass is 263 g/mol. The van der Waals surface area contributed by atoms with Crippen LogP contribution in [0.1, 0.15) is 44.9 Å². The SMILES string of the molecule is c1cnn(CCCNC2CCOC3(CCCC3)C2)c1. The molecule has 1 aliphatic heterocycles. The second kappa shape index (κ2) is 6.06. The van der Waals surface area contributed by atoms with E-state index in [9.17, 15) is 0 Å². The second-order valence-corrected chi connectivity index (χ2v) is 6.01. The quantitative estimate of drug-likeness (QED) is 0.829. The molecule has 4 nitrogen and oxygen atoms in total. The highest BCUT2D eigenvalue weighted by atomic mass is 16.5. The standard InChI is InChI=1S/C15H25N3O/c1-2-7-15(6-1)13-14(5-12-19-15)16-8-3-10-18-11-4-9-17-18/h4,9,11,14,16H,1-3,5-8,10,12-13H2. The lowest BCUT2D eigenvalue weighted by molar-refractivity contribution is -0.0835. The lowest BCUT2D eigenvalue weighted by Crippen LogP contribution is -2.45. The van der Waals surface area contributed by atoms with Gasteiger partial charge in [0.25, 0.3) is 0 Å². The Morgan fingerprint density at radius 2 is 2.26 bits per heavy atom. The van der Waals surface area contributed by atoms with Crippen molar-refractivity contribution in [3.05, 3.63) is 18.5 Å². The molecule has 19 heavy (non-hydrogen) atoms. The Kier molecular flexibility index (Phi) is 4.18. The summed E-state index contributed by atoms with van der Waals surface area (Å²) >= 11 is 0. The molecule has 0 aromatic carbocycles. The first-order valence-corrected chi connectivity index (χ1v) is 7.71. The number of rotatable bonds is 5. The number of nitrogens with one attached hydrogen (secondary N) is 1. The average molecular weight is 263 g/mol. The predicted octanol–water partition coefficient (Wildman–Crippen LogP) is 2.35. The first-order valence-electron chi connectivity index (χ1n) is 7.71. The van der Waals surface area contributed by atoms with Gasteiger partial charge in [-0.25, -0.2) is 0 Å². The van der Waals surface area contributed by atoms with Crippen molar-refractivity contribution in [1.82, 2.24) is 15.1 Å². The van der Waals surface area contributed by atoms with E-state index in [2.05, 4.69) is 10.4 Å². The van der Waals surface area contributed by atoms with Gasteiger partial charge in [0.05, 0.1) is 5.60 Å². The normalized spacial score (nSPS) is 26.0. The van der Waals surface area contributed by atoms with E-state index in [4.69, 9.17) is 4.74 Å². The van der Waals surface area contributed by atoms with Crippen molar-refractivity contribution < 1.29 is 4.74 Å². The maximum absolute atomic E-state index is 6.07. The second-order valence-electron chi connectivity index (χ2n) is 6.01. The van der Waals surface area contributed by atoms with Crippen LogP contribution in [0.4, 0.5) is 0 Å². The molecule has 1 saturated carbocycles. The van der Waals surface area contributed by atoms with Crippen molar-refractivity contribution in [2.24, 2.45) is 0 Å². The topological polar surface area (TPSA) is 39.1 Å². The van der Waals surface area contributed by atoms with E-state index in [0.717, 1.165) is 26.1 Å². The molecule has 0 amide bonds. The zero-order chi connectivity index (χ0) is 13.0. The van der Waals surface area contributed by atoms with Crippen molar-refractivity contribution in [3.8, 4) is 0 Å². The summed E-state index contributed by atoms with van der Waals surface area (Å²) in [6.45, 7) is 3.03. The minimum atomic E-state index is 0.234. The highest BCUT2D eigenvalue weighted by Gasteiger charge is 2.39. The Balaban J connectivity index is 1.38. The molecule has 2 aliphatic rings. The average Bonchev–Trinajstić information content (AvgIpc) is 3.07. The molecule has 2 fully saturated rings. The number of ether oxygens (including phenoxy) is 1. The summed E-state index contributed by atoms with van der Waals surface area (Å²) in [7, 11) is 0. The van der Waals surface area contributed by atoms with Crippen LogP contribution in [0.2, 0.25) is 0 Å². The van der Waals surface area contributed by atoms with Crippen LogP contribution in [0.15, 0.2) is 18.5 Å². The number of nitrogens with zero attached hydrogens (tertiary/aromatic N) is 2. The summed E-state index contributed by atoms with van der Waals surface area (Å²) in [6.07, 6.45) is 12.7. The zero-order valence-electron chi connectivity index (χ0n) is 11.7.